The van der Waals surface area contributed by atoms with Gasteiger partial charge in [0.2, 0.25) is 5.91 Å². The lowest BCUT2D eigenvalue weighted by atomic mass is 10.1. The molecule has 1 aromatic carbocycles. The molecule has 0 spiro atoms. The summed E-state index contributed by atoms with van der Waals surface area (Å²) < 4.78 is 5.61. The molecule has 2 aliphatic heterocycles. The van der Waals surface area contributed by atoms with Crippen LogP contribution in [0.15, 0.2) is 24.3 Å². The molecular formula is C16H20N2O3S. The second-order valence-electron chi connectivity index (χ2n) is 5.46. The quantitative estimate of drug-likeness (QED) is 0.852. The van der Waals surface area contributed by atoms with Gasteiger partial charge in [0.05, 0.1) is 5.69 Å². The number of fused-ring (bicyclic) bond motifs is 1. The molecule has 0 unspecified atom stereocenters. The topological polar surface area (TPSA) is 49.9 Å². The van der Waals surface area contributed by atoms with Crippen molar-refractivity contribution in [1.82, 2.24) is 4.90 Å². The van der Waals surface area contributed by atoms with Crippen molar-refractivity contribution in [3.63, 3.8) is 0 Å². The Hall–Kier alpha value is -1.69. The summed E-state index contributed by atoms with van der Waals surface area (Å²) in [6, 6.07) is 7.48. The molecule has 0 N–H and O–H groups in total. The molecule has 0 aromatic heterocycles. The lowest BCUT2D eigenvalue weighted by Crippen LogP contribution is -2.46. The van der Waals surface area contributed by atoms with E-state index in [4.69, 9.17) is 4.74 Å². The van der Waals surface area contributed by atoms with E-state index in [0.29, 0.717) is 18.7 Å². The number of amides is 2. The van der Waals surface area contributed by atoms with Gasteiger partial charge >= 0.3 is 0 Å². The number of rotatable bonds is 3. The maximum absolute atomic E-state index is 12.3. The smallest absolute Gasteiger partial charge is 0.267 e. The molecule has 3 rings (SSSR count). The molecule has 2 aliphatic rings. The number of para-hydroxylation sites is 2. The van der Waals surface area contributed by atoms with E-state index in [1.54, 1.807) is 11.8 Å². The average Bonchev–Trinajstić information content (AvgIpc) is 2.56. The Labute approximate surface area is 134 Å². The molecule has 2 amide bonds. The zero-order valence-electron chi connectivity index (χ0n) is 12.7. The van der Waals surface area contributed by atoms with Gasteiger partial charge < -0.3 is 14.5 Å². The van der Waals surface area contributed by atoms with Crippen LogP contribution in [-0.2, 0) is 9.59 Å². The van der Waals surface area contributed by atoms with Crippen LogP contribution in [0.2, 0.25) is 0 Å². The molecule has 1 fully saturated rings. The summed E-state index contributed by atoms with van der Waals surface area (Å²) in [5.41, 5.74) is 0.757. The molecule has 5 nitrogen and oxygen atoms in total. The molecule has 22 heavy (non-hydrogen) atoms. The molecule has 0 radical (unpaired) electrons. The van der Waals surface area contributed by atoms with Crippen LogP contribution in [-0.4, -0.2) is 54.0 Å². The molecule has 0 bridgehead atoms. The Kier molecular flexibility index (Phi) is 4.57. The average molecular weight is 320 g/mol. The van der Waals surface area contributed by atoms with Crippen LogP contribution in [0, 0.1) is 0 Å². The summed E-state index contributed by atoms with van der Waals surface area (Å²) >= 11 is 1.88. The van der Waals surface area contributed by atoms with Gasteiger partial charge in [-0.2, -0.15) is 11.8 Å². The van der Waals surface area contributed by atoms with Gasteiger partial charge in [0.15, 0.2) is 6.10 Å². The molecule has 0 aliphatic carbocycles. The first kappa shape index (κ1) is 15.2. The van der Waals surface area contributed by atoms with Crippen molar-refractivity contribution in [2.75, 3.05) is 36.0 Å². The van der Waals surface area contributed by atoms with Crippen molar-refractivity contribution in [3.8, 4) is 5.75 Å². The highest BCUT2D eigenvalue weighted by Gasteiger charge is 2.31. The Morgan fingerprint density at radius 1 is 1.32 bits per heavy atom. The summed E-state index contributed by atoms with van der Waals surface area (Å²) in [5, 5.41) is 0. The minimum absolute atomic E-state index is 0.0827. The lowest BCUT2D eigenvalue weighted by Gasteiger charge is -2.33. The summed E-state index contributed by atoms with van der Waals surface area (Å²) in [6.45, 7) is 3.78. The van der Waals surface area contributed by atoms with Gasteiger partial charge in [-0.1, -0.05) is 12.1 Å². The van der Waals surface area contributed by atoms with Gasteiger partial charge in [-0.25, -0.2) is 0 Å². The maximum Gasteiger partial charge on any atom is 0.267 e. The van der Waals surface area contributed by atoms with Crippen LogP contribution in [0.3, 0.4) is 0 Å². The van der Waals surface area contributed by atoms with E-state index in [1.165, 1.54) is 0 Å². The van der Waals surface area contributed by atoms with Crippen LogP contribution < -0.4 is 9.64 Å². The van der Waals surface area contributed by atoms with E-state index in [1.807, 2.05) is 40.9 Å². The Morgan fingerprint density at radius 2 is 2.05 bits per heavy atom. The second-order valence-corrected chi connectivity index (χ2v) is 6.69. The van der Waals surface area contributed by atoms with Gasteiger partial charge in [-0.15, -0.1) is 0 Å². The van der Waals surface area contributed by atoms with Crippen LogP contribution in [0.4, 0.5) is 5.69 Å². The molecule has 1 saturated heterocycles. The molecular weight excluding hydrogens is 300 g/mol. The number of hydrogen-bond donors (Lipinski definition) is 0. The zero-order chi connectivity index (χ0) is 15.5. The highest BCUT2D eigenvalue weighted by atomic mass is 32.2. The van der Waals surface area contributed by atoms with E-state index < -0.39 is 6.10 Å². The number of ether oxygens (including phenoxy) is 1. The van der Waals surface area contributed by atoms with Gasteiger partial charge in [0, 0.05) is 37.6 Å². The summed E-state index contributed by atoms with van der Waals surface area (Å²) in [6.07, 6.45) is -0.145. The Bertz CT molecular complexity index is 572. The third-order valence-electron chi connectivity index (χ3n) is 3.99. The number of anilines is 1. The molecule has 6 heteroatoms. The maximum atomic E-state index is 12.3. The lowest BCUT2D eigenvalue weighted by molar-refractivity contribution is -0.130. The molecule has 1 aromatic rings. The van der Waals surface area contributed by atoms with Crippen LogP contribution >= 0.6 is 11.8 Å². The first-order valence-electron chi connectivity index (χ1n) is 7.59. The van der Waals surface area contributed by atoms with Crippen molar-refractivity contribution < 1.29 is 14.3 Å². The highest BCUT2D eigenvalue weighted by Crippen LogP contribution is 2.33. The molecule has 1 atom stereocenters. The molecule has 118 valence electrons. The van der Waals surface area contributed by atoms with Crippen molar-refractivity contribution in [2.24, 2.45) is 0 Å². The van der Waals surface area contributed by atoms with E-state index >= 15 is 0 Å². The largest absolute Gasteiger partial charge is 0.479 e. The fraction of sp³-hybridized carbons (Fsp3) is 0.500. The highest BCUT2D eigenvalue weighted by molar-refractivity contribution is 7.99. The van der Waals surface area contributed by atoms with Crippen LogP contribution in [0.5, 0.6) is 5.75 Å². The fourth-order valence-corrected chi connectivity index (χ4v) is 3.67. The second kappa shape index (κ2) is 6.60. The number of thioether (sulfide) groups is 1. The van der Waals surface area contributed by atoms with E-state index in [2.05, 4.69) is 0 Å². The van der Waals surface area contributed by atoms with Crippen molar-refractivity contribution >= 4 is 29.3 Å². The number of hydrogen-bond acceptors (Lipinski definition) is 4. The number of carbonyl (C=O) groups excluding carboxylic acids is 2. The van der Waals surface area contributed by atoms with E-state index in [0.717, 1.165) is 30.3 Å². The fourth-order valence-electron chi connectivity index (χ4n) is 2.77. The summed E-state index contributed by atoms with van der Waals surface area (Å²) in [7, 11) is 0. The molecule has 0 saturated carbocycles. The third kappa shape index (κ3) is 3.06. The SMILES string of the molecule is C[C@H]1Oc2ccccc2N(CCC(=O)N2CCSCC2)C1=O. The van der Waals surface area contributed by atoms with Gasteiger partial charge in [0.1, 0.15) is 5.75 Å². The number of nitrogens with zero attached hydrogens (tertiary/aromatic N) is 2. The van der Waals surface area contributed by atoms with Crippen LogP contribution in [0.25, 0.3) is 0 Å². The first-order chi connectivity index (χ1) is 10.7. The van der Waals surface area contributed by atoms with Gasteiger partial charge in [-0.3, -0.25) is 9.59 Å². The monoisotopic (exact) mass is 320 g/mol. The summed E-state index contributed by atoms with van der Waals surface area (Å²) in [4.78, 5) is 28.2. The van der Waals surface area contributed by atoms with Crippen molar-refractivity contribution in [3.05, 3.63) is 24.3 Å². The van der Waals surface area contributed by atoms with E-state index in [-0.39, 0.29) is 11.8 Å². The first-order valence-corrected chi connectivity index (χ1v) is 8.75. The number of benzene rings is 1. The van der Waals surface area contributed by atoms with E-state index in [9.17, 15) is 9.59 Å². The van der Waals surface area contributed by atoms with Crippen molar-refractivity contribution in [1.29, 1.82) is 0 Å². The minimum atomic E-state index is -0.503. The molecule has 2 heterocycles. The standard InChI is InChI=1S/C16H20N2O3S/c1-12-16(20)18(13-4-2-3-5-14(13)21-12)7-6-15(19)17-8-10-22-11-9-17/h2-5,12H,6-11H2,1H3/t12-/m1/s1. The predicted octanol–water partition coefficient (Wildman–Crippen LogP) is 1.77. The van der Waals surface area contributed by atoms with Crippen LogP contribution in [0.1, 0.15) is 13.3 Å². The van der Waals surface area contributed by atoms with Gasteiger partial charge in [-0.05, 0) is 19.1 Å². The minimum Gasteiger partial charge on any atom is -0.479 e. The third-order valence-corrected chi connectivity index (χ3v) is 4.93. The normalized spacial score (nSPS) is 21.3. The zero-order valence-corrected chi connectivity index (χ0v) is 13.5. The number of carbonyl (C=O) groups is 2. The Morgan fingerprint density at radius 3 is 2.82 bits per heavy atom. The summed E-state index contributed by atoms with van der Waals surface area (Å²) in [5.74, 6) is 2.76. The van der Waals surface area contributed by atoms with Gasteiger partial charge in [0.25, 0.3) is 5.91 Å². The predicted molar refractivity (Wildman–Crippen MR) is 87.4 cm³/mol. The van der Waals surface area contributed by atoms with Crippen molar-refractivity contribution in [2.45, 2.75) is 19.4 Å². The Balaban J connectivity index is 1.68.